The van der Waals surface area contributed by atoms with Crippen LogP contribution >= 0.6 is 0 Å². The first-order chi connectivity index (χ1) is 12.0. The van der Waals surface area contributed by atoms with E-state index < -0.39 is 11.9 Å². The zero-order valence-electron chi connectivity index (χ0n) is 13.2. The molecule has 1 unspecified atom stereocenters. The molecule has 0 amide bonds. The highest BCUT2D eigenvalue weighted by Crippen LogP contribution is 2.10. The smallest absolute Gasteiger partial charge is 0.261 e. The molecule has 0 radical (unpaired) electrons. The monoisotopic (exact) mass is 346 g/mol. The van der Waals surface area contributed by atoms with E-state index in [0.717, 1.165) is 0 Å². The van der Waals surface area contributed by atoms with Crippen LogP contribution in [-0.2, 0) is 17.9 Å². The van der Waals surface area contributed by atoms with Crippen molar-refractivity contribution >= 4 is 10.9 Å². The van der Waals surface area contributed by atoms with Crippen molar-refractivity contribution in [2.75, 3.05) is 6.61 Å². The van der Waals surface area contributed by atoms with Crippen LogP contribution in [0, 0.1) is 11.6 Å². The molecule has 0 bridgehead atoms. The third-order valence-corrected chi connectivity index (χ3v) is 3.72. The summed E-state index contributed by atoms with van der Waals surface area (Å²) in [5, 5.41) is 10.3. The molecular formula is C18H16F2N2O3. The number of aromatic nitrogens is 2. The van der Waals surface area contributed by atoms with Crippen molar-refractivity contribution in [3.8, 4) is 0 Å². The number of rotatable bonds is 6. The van der Waals surface area contributed by atoms with Crippen molar-refractivity contribution in [2.24, 2.45) is 0 Å². The Bertz CT molecular complexity index is 943. The lowest BCUT2D eigenvalue weighted by Gasteiger charge is -2.13. The lowest BCUT2D eigenvalue weighted by Crippen LogP contribution is -2.29. The number of fused-ring (bicyclic) bond motifs is 1. The quantitative estimate of drug-likeness (QED) is 0.744. The molecule has 25 heavy (non-hydrogen) atoms. The second-order valence-corrected chi connectivity index (χ2v) is 5.62. The van der Waals surface area contributed by atoms with Gasteiger partial charge in [0, 0.05) is 11.6 Å². The van der Waals surface area contributed by atoms with Crippen LogP contribution in [0.15, 0.2) is 53.6 Å². The van der Waals surface area contributed by atoms with E-state index in [1.165, 1.54) is 35.2 Å². The Morgan fingerprint density at radius 2 is 2.00 bits per heavy atom. The predicted octanol–water partition coefficient (Wildman–Crippen LogP) is 2.25. The molecule has 1 heterocycles. The van der Waals surface area contributed by atoms with Gasteiger partial charge in [-0.1, -0.05) is 18.2 Å². The molecule has 0 saturated heterocycles. The summed E-state index contributed by atoms with van der Waals surface area (Å²) in [7, 11) is 0. The van der Waals surface area contributed by atoms with Gasteiger partial charge in [0.2, 0.25) is 0 Å². The molecule has 130 valence electrons. The highest BCUT2D eigenvalue weighted by molar-refractivity contribution is 5.77. The van der Waals surface area contributed by atoms with Crippen LogP contribution < -0.4 is 5.56 Å². The molecule has 2 aromatic carbocycles. The largest absolute Gasteiger partial charge is 0.389 e. The first-order valence-corrected chi connectivity index (χ1v) is 7.68. The molecule has 0 saturated carbocycles. The fraction of sp³-hybridized carbons (Fsp3) is 0.222. The highest BCUT2D eigenvalue weighted by Gasteiger charge is 2.11. The van der Waals surface area contributed by atoms with Crippen LogP contribution in [0.3, 0.4) is 0 Å². The van der Waals surface area contributed by atoms with E-state index in [-0.39, 0.29) is 42.0 Å². The molecule has 1 aromatic heterocycles. The van der Waals surface area contributed by atoms with E-state index in [4.69, 9.17) is 4.74 Å². The van der Waals surface area contributed by atoms with Gasteiger partial charge in [-0.2, -0.15) is 0 Å². The maximum Gasteiger partial charge on any atom is 0.261 e. The van der Waals surface area contributed by atoms with Gasteiger partial charge in [0.05, 0.1) is 43.1 Å². The van der Waals surface area contributed by atoms with Crippen molar-refractivity contribution in [2.45, 2.75) is 19.3 Å². The molecule has 3 aromatic rings. The van der Waals surface area contributed by atoms with E-state index in [2.05, 4.69) is 4.98 Å². The van der Waals surface area contributed by atoms with Crippen LogP contribution in [0.5, 0.6) is 0 Å². The van der Waals surface area contributed by atoms with Crippen molar-refractivity contribution in [1.29, 1.82) is 0 Å². The summed E-state index contributed by atoms with van der Waals surface area (Å²) < 4.78 is 33.2. The molecule has 5 nitrogen and oxygen atoms in total. The standard InChI is InChI=1S/C18H16F2N2O3/c19-13-5-6-15-17(7-13)21-11-22(18(15)24)8-14(23)10-25-9-12-3-1-2-4-16(12)20/h1-7,11,14,23H,8-10H2. The molecule has 7 heteroatoms. The molecule has 0 spiro atoms. The molecule has 0 aliphatic carbocycles. The number of aliphatic hydroxyl groups excluding tert-OH is 1. The first-order valence-electron chi connectivity index (χ1n) is 7.68. The lowest BCUT2D eigenvalue weighted by atomic mass is 10.2. The fourth-order valence-corrected chi connectivity index (χ4v) is 2.46. The predicted molar refractivity (Wildman–Crippen MR) is 88.0 cm³/mol. The normalized spacial score (nSPS) is 12.4. The number of benzene rings is 2. The molecule has 0 aliphatic rings. The number of hydrogen-bond acceptors (Lipinski definition) is 4. The topological polar surface area (TPSA) is 64.4 Å². The maximum atomic E-state index is 13.5. The zero-order chi connectivity index (χ0) is 17.8. The molecular weight excluding hydrogens is 330 g/mol. The number of halogens is 2. The van der Waals surface area contributed by atoms with Gasteiger partial charge in [0.1, 0.15) is 11.6 Å². The molecule has 0 fully saturated rings. The molecule has 0 aliphatic heterocycles. The van der Waals surface area contributed by atoms with E-state index in [1.807, 2.05) is 0 Å². The Balaban J connectivity index is 1.63. The SMILES string of the molecule is O=c1c2ccc(F)cc2ncn1CC(O)COCc1ccccc1F. The van der Waals surface area contributed by atoms with Gasteiger partial charge in [0.25, 0.3) is 5.56 Å². The fourth-order valence-electron chi connectivity index (χ4n) is 2.46. The Morgan fingerprint density at radius 3 is 2.80 bits per heavy atom. The summed E-state index contributed by atoms with van der Waals surface area (Å²) in [5.74, 6) is -0.849. The Morgan fingerprint density at radius 1 is 1.20 bits per heavy atom. The van der Waals surface area contributed by atoms with Crippen LogP contribution in [0.4, 0.5) is 8.78 Å². The summed E-state index contributed by atoms with van der Waals surface area (Å²) >= 11 is 0. The van der Waals surface area contributed by atoms with Crippen LogP contribution in [0.2, 0.25) is 0 Å². The minimum absolute atomic E-state index is 0.0217. The Labute approximate surface area is 142 Å². The second-order valence-electron chi connectivity index (χ2n) is 5.62. The number of aliphatic hydroxyl groups is 1. The van der Waals surface area contributed by atoms with Gasteiger partial charge >= 0.3 is 0 Å². The Hall–Kier alpha value is -2.64. The van der Waals surface area contributed by atoms with Crippen molar-refractivity contribution in [3.63, 3.8) is 0 Å². The summed E-state index contributed by atoms with van der Waals surface area (Å²) in [4.78, 5) is 16.3. The van der Waals surface area contributed by atoms with Crippen LogP contribution in [-0.4, -0.2) is 27.4 Å². The first kappa shape index (κ1) is 17.2. The average molecular weight is 346 g/mol. The van der Waals surface area contributed by atoms with Crippen LogP contribution in [0.25, 0.3) is 10.9 Å². The van der Waals surface area contributed by atoms with Crippen molar-refractivity contribution in [1.82, 2.24) is 9.55 Å². The van der Waals surface area contributed by atoms with Gasteiger partial charge in [-0.3, -0.25) is 9.36 Å². The van der Waals surface area contributed by atoms with Gasteiger partial charge < -0.3 is 9.84 Å². The number of nitrogens with zero attached hydrogens (tertiary/aromatic N) is 2. The molecule has 1 N–H and O–H groups in total. The number of ether oxygens (including phenoxy) is 1. The van der Waals surface area contributed by atoms with Crippen molar-refractivity contribution < 1.29 is 18.6 Å². The minimum atomic E-state index is -0.968. The molecule has 1 atom stereocenters. The van der Waals surface area contributed by atoms with Gasteiger partial charge in [-0.05, 0) is 18.2 Å². The zero-order valence-corrected chi connectivity index (χ0v) is 13.2. The minimum Gasteiger partial charge on any atom is -0.389 e. The summed E-state index contributed by atoms with van der Waals surface area (Å²) in [6.07, 6.45) is 0.286. The lowest BCUT2D eigenvalue weighted by molar-refractivity contribution is 0.0189. The Kier molecular flexibility index (Phi) is 5.16. The van der Waals surface area contributed by atoms with E-state index in [1.54, 1.807) is 18.2 Å². The number of hydrogen-bond donors (Lipinski definition) is 1. The summed E-state index contributed by atoms with van der Waals surface area (Å²) in [5.41, 5.74) is 0.269. The van der Waals surface area contributed by atoms with Gasteiger partial charge in [-0.15, -0.1) is 0 Å². The van der Waals surface area contributed by atoms with E-state index in [0.29, 0.717) is 5.56 Å². The average Bonchev–Trinajstić information content (AvgIpc) is 2.59. The second kappa shape index (κ2) is 7.50. The van der Waals surface area contributed by atoms with E-state index in [9.17, 15) is 18.7 Å². The maximum absolute atomic E-state index is 13.5. The summed E-state index contributed by atoms with van der Waals surface area (Å²) in [6, 6.07) is 9.92. The third kappa shape index (κ3) is 4.07. The third-order valence-electron chi connectivity index (χ3n) is 3.72. The molecule has 3 rings (SSSR count). The van der Waals surface area contributed by atoms with Crippen molar-refractivity contribution in [3.05, 3.63) is 76.3 Å². The van der Waals surface area contributed by atoms with Crippen LogP contribution in [0.1, 0.15) is 5.56 Å². The summed E-state index contributed by atoms with van der Waals surface area (Å²) in [6.45, 7) is -0.0769. The highest BCUT2D eigenvalue weighted by atomic mass is 19.1. The van der Waals surface area contributed by atoms with Gasteiger partial charge in [0.15, 0.2) is 0 Å². The van der Waals surface area contributed by atoms with Gasteiger partial charge in [-0.25, -0.2) is 13.8 Å². The van der Waals surface area contributed by atoms with E-state index >= 15 is 0 Å².